The van der Waals surface area contributed by atoms with E-state index >= 15 is 0 Å². The minimum Gasteiger partial charge on any atom is -0.395 e. The lowest BCUT2D eigenvalue weighted by molar-refractivity contribution is 0.311. The Morgan fingerprint density at radius 1 is 1.37 bits per heavy atom. The molecule has 0 amide bonds. The van der Waals surface area contributed by atoms with Gasteiger partial charge in [-0.15, -0.1) is 11.3 Å². The van der Waals surface area contributed by atoms with Crippen LogP contribution in [0.15, 0.2) is 41.5 Å². The molecule has 2 aromatic heterocycles. The molecule has 0 radical (unpaired) electrons. The van der Waals surface area contributed by atoms with Crippen molar-refractivity contribution in [1.29, 1.82) is 10.7 Å². The summed E-state index contributed by atoms with van der Waals surface area (Å²) < 4.78 is 0. The Morgan fingerprint density at radius 2 is 2.17 bits per heavy atom. The van der Waals surface area contributed by atoms with Crippen LogP contribution >= 0.6 is 34.5 Å². The molecule has 0 aliphatic carbocycles. The number of aliphatic hydroxyl groups is 1. The van der Waals surface area contributed by atoms with Gasteiger partial charge < -0.3 is 16.2 Å². The number of anilines is 1. The zero-order valence-corrected chi connectivity index (χ0v) is 17.8. The highest BCUT2D eigenvalue weighted by Crippen LogP contribution is 2.44. The smallest absolute Gasteiger partial charge is 0.143 e. The Labute approximate surface area is 186 Å². The minimum absolute atomic E-state index is 0.0334. The van der Waals surface area contributed by atoms with E-state index in [1.807, 2.05) is 0 Å². The molecule has 0 saturated carbocycles. The summed E-state index contributed by atoms with van der Waals surface area (Å²) in [7, 11) is 0. The van der Waals surface area contributed by atoms with Gasteiger partial charge in [-0.25, -0.2) is 9.98 Å². The normalized spacial score (nSPS) is 11.2. The zero-order chi connectivity index (χ0) is 21.7. The minimum atomic E-state index is -0.0334. The molecule has 0 spiro atoms. The molecule has 152 valence electrons. The van der Waals surface area contributed by atoms with E-state index < -0.39 is 0 Å². The van der Waals surface area contributed by atoms with Crippen LogP contribution in [0.25, 0.3) is 21.6 Å². The van der Waals surface area contributed by atoms with E-state index in [4.69, 9.17) is 39.5 Å². The number of nitriles is 1. The van der Waals surface area contributed by atoms with Gasteiger partial charge in [0.1, 0.15) is 24.1 Å². The molecule has 30 heavy (non-hydrogen) atoms. The molecule has 0 atom stereocenters. The lowest BCUT2D eigenvalue weighted by atomic mass is 9.98. The first-order valence-corrected chi connectivity index (χ1v) is 10.2. The number of nitrogens with two attached hydrogens (primary N) is 1. The van der Waals surface area contributed by atoms with Crippen molar-refractivity contribution in [3.63, 3.8) is 0 Å². The summed E-state index contributed by atoms with van der Waals surface area (Å²) in [6, 6.07) is 10.8. The van der Waals surface area contributed by atoms with E-state index in [0.717, 1.165) is 11.9 Å². The summed E-state index contributed by atoms with van der Waals surface area (Å²) in [6.45, 7) is 0.316. The molecule has 2 heterocycles. The van der Waals surface area contributed by atoms with Crippen LogP contribution in [0, 0.1) is 16.7 Å². The maximum absolute atomic E-state index is 10.0. The topological polar surface area (TPSA) is 131 Å². The number of hydrogen-bond acceptors (Lipinski definition) is 6. The first-order chi connectivity index (χ1) is 14.5. The van der Waals surface area contributed by atoms with Crippen LogP contribution in [0.5, 0.6) is 0 Å². The fourth-order valence-electron chi connectivity index (χ4n) is 2.85. The van der Waals surface area contributed by atoms with E-state index in [-0.39, 0.29) is 12.4 Å². The van der Waals surface area contributed by atoms with Crippen LogP contribution in [0.2, 0.25) is 10.0 Å². The Hall–Kier alpha value is -2.96. The average molecular weight is 459 g/mol. The number of aliphatic hydroxyl groups excluding tert-OH is 1. The van der Waals surface area contributed by atoms with Crippen LogP contribution in [-0.4, -0.2) is 35.4 Å². The van der Waals surface area contributed by atoms with Crippen molar-refractivity contribution in [3.8, 4) is 27.6 Å². The number of hydrogen-bond donors (Lipinski definition) is 4. The van der Waals surface area contributed by atoms with Crippen LogP contribution in [0.1, 0.15) is 10.4 Å². The second kappa shape index (κ2) is 9.69. The summed E-state index contributed by atoms with van der Waals surface area (Å²) in [6.07, 6.45) is 2.46. The van der Waals surface area contributed by atoms with Gasteiger partial charge in [0.05, 0.1) is 21.9 Å². The lowest BCUT2D eigenvalue weighted by Crippen LogP contribution is -2.12. The van der Waals surface area contributed by atoms with Crippen LogP contribution in [-0.2, 0) is 0 Å². The maximum atomic E-state index is 10.0. The molecule has 0 aliphatic heterocycles. The van der Waals surface area contributed by atoms with Crippen LogP contribution in [0.3, 0.4) is 0 Å². The number of aromatic nitrogens is 1. The van der Waals surface area contributed by atoms with Gasteiger partial charge in [0.2, 0.25) is 0 Å². The van der Waals surface area contributed by atoms with E-state index in [2.05, 4.69) is 21.4 Å². The van der Waals surface area contributed by atoms with Gasteiger partial charge in [-0.1, -0.05) is 29.3 Å². The highest BCUT2D eigenvalue weighted by Gasteiger charge is 2.24. The van der Waals surface area contributed by atoms with Gasteiger partial charge in [0, 0.05) is 33.9 Å². The summed E-state index contributed by atoms with van der Waals surface area (Å²) in [5.74, 6) is 0.666. The first-order valence-electron chi connectivity index (χ1n) is 8.66. The van der Waals surface area contributed by atoms with Gasteiger partial charge in [-0.3, -0.25) is 5.41 Å². The standard InChI is InChI=1S/C20H16Cl2N6OS/c21-12-1-2-13(15(22)8-12)17-14(9-23)18(30-19(17)20(25)28-10-24)11-3-4-26-16(7-11)27-5-6-29/h1-4,7-8,10,29H,5-6H2,(H,26,27)(H3,24,25,28). The zero-order valence-electron chi connectivity index (χ0n) is 15.5. The molecule has 3 rings (SSSR count). The van der Waals surface area contributed by atoms with Crippen molar-refractivity contribution < 1.29 is 5.11 Å². The Morgan fingerprint density at radius 3 is 2.83 bits per heavy atom. The molecule has 7 nitrogen and oxygen atoms in total. The number of pyridine rings is 1. The number of amidine groups is 1. The second-order valence-electron chi connectivity index (χ2n) is 5.97. The Kier molecular flexibility index (Phi) is 7.03. The van der Waals surface area contributed by atoms with Gasteiger partial charge in [-0.2, -0.15) is 5.26 Å². The SMILES string of the molecule is N#Cc1c(-c2ccnc(NCCO)c2)sc(C(N)=NC=N)c1-c1ccc(Cl)cc1Cl. The van der Waals surface area contributed by atoms with Crippen LogP contribution in [0.4, 0.5) is 5.82 Å². The molecule has 0 saturated heterocycles. The molecule has 5 N–H and O–H groups in total. The highest BCUT2D eigenvalue weighted by atomic mass is 35.5. The van der Waals surface area contributed by atoms with Crippen molar-refractivity contribution in [3.05, 3.63) is 57.0 Å². The van der Waals surface area contributed by atoms with Crippen molar-refractivity contribution >= 4 is 52.5 Å². The molecule has 0 unspecified atom stereocenters. The summed E-state index contributed by atoms with van der Waals surface area (Å²) in [5.41, 5.74) is 8.35. The number of benzene rings is 1. The lowest BCUT2D eigenvalue weighted by Gasteiger charge is -2.08. The monoisotopic (exact) mass is 458 g/mol. The van der Waals surface area contributed by atoms with E-state index in [0.29, 0.717) is 48.9 Å². The Bertz CT molecular complexity index is 1170. The molecule has 1 aromatic carbocycles. The third kappa shape index (κ3) is 4.45. The van der Waals surface area contributed by atoms with Crippen molar-refractivity contribution in [2.45, 2.75) is 0 Å². The third-order valence-electron chi connectivity index (χ3n) is 4.10. The Balaban J connectivity index is 2.27. The molecule has 3 aromatic rings. The summed E-state index contributed by atoms with van der Waals surface area (Å²) >= 11 is 13.7. The molecule has 10 heteroatoms. The van der Waals surface area contributed by atoms with Crippen molar-refractivity contribution in [1.82, 2.24) is 4.98 Å². The molecule has 0 aliphatic rings. The number of aliphatic imine (C=N–C) groups is 1. The predicted molar refractivity (Wildman–Crippen MR) is 123 cm³/mol. The van der Waals surface area contributed by atoms with Gasteiger partial charge in [0.25, 0.3) is 0 Å². The largest absolute Gasteiger partial charge is 0.395 e. The fraction of sp³-hybridized carbons (Fsp3) is 0.100. The van der Waals surface area contributed by atoms with Gasteiger partial charge >= 0.3 is 0 Å². The number of rotatable bonds is 7. The first kappa shape index (κ1) is 21.7. The molecular weight excluding hydrogens is 443 g/mol. The third-order valence-corrected chi connectivity index (χ3v) is 5.91. The number of nitrogens with one attached hydrogen (secondary N) is 2. The number of nitrogens with zero attached hydrogens (tertiary/aromatic N) is 3. The van der Waals surface area contributed by atoms with Crippen molar-refractivity contribution in [2.75, 3.05) is 18.5 Å². The average Bonchev–Trinajstić information content (AvgIpc) is 3.12. The predicted octanol–water partition coefficient (Wildman–Crippen LogP) is 4.37. The van der Waals surface area contributed by atoms with E-state index in [9.17, 15) is 5.26 Å². The van der Waals surface area contributed by atoms with E-state index in [1.165, 1.54) is 11.3 Å². The fourth-order valence-corrected chi connectivity index (χ4v) is 4.52. The van der Waals surface area contributed by atoms with Crippen LogP contribution < -0.4 is 11.1 Å². The maximum Gasteiger partial charge on any atom is 0.143 e. The second-order valence-corrected chi connectivity index (χ2v) is 7.83. The summed E-state index contributed by atoms with van der Waals surface area (Å²) in [4.78, 5) is 9.29. The van der Waals surface area contributed by atoms with E-state index in [1.54, 1.807) is 36.5 Å². The number of halogens is 2. The number of thiophene rings is 1. The quantitative estimate of drug-likeness (QED) is 0.308. The molecule has 0 bridgehead atoms. The molecular formula is C20H16Cl2N6OS. The van der Waals surface area contributed by atoms with Gasteiger partial charge in [-0.05, 0) is 29.8 Å². The van der Waals surface area contributed by atoms with Gasteiger partial charge in [0.15, 0.2) is 0 Å². The summed E-state index contributed by atoms with van der Waals surface area (Å²) in [5, 5.41) is 30.1. The molecule has 0 fully saturated rings. The van der Waals surface area contributed by atoms with Crippen molar-refractivity contribution in [2.24, 2.45) is 10.7 Å². The highest BCUT2D eigenvalue weighted by molar-refractivity contribution is 7.18.